The van der Waals surface area contributed by atoms with Crippen LogP contribution in [0.3, 0.4) is 0 Å². The Hall–Kier alpha value is -0.410. The van der Waals surface area contributed by atoms with Crippen molar-refractivity contribution in [2.75, 3.05) is 16.8 Å². The molecule has 0 spiro atoms. The maximum absolute atomic E-state index is 6.11. The SMILES string of the molecule is CC1(C)CSCC(Nc2cnccc2Cl)C1. The molecule has 1 aromatic rings. The Labute approximate surface area is 106 Å². The summed E-state index contributed by atoms with van der Waals surface area (Å²) in [5.74, 6) is 2.39. The first-order valence-corrected chi connectivity index (χ1v) is 7.04. The van der Waals surface area contributed by atoms with Crippen LogP contribution in [0.25, 0.3) is 0 Å². The monoisotopic (exact) mass is 256 g/mol. The molecule has 0 amide bonds. The zero-order valence-corrected chi connectivity index (χ0v) is 11.2. The first-order valence-electron chi connectivity index (χ1n) is 5.51. The smallest absolute Gasteiger partial charge is 0.0718 e. The number of nitrogens with one attached hydrogen (secondary N) is 1. The molecular weight excluding hydrogens is 240 g/mol. The molecule has 1 aliphatic rings. The standard InChI is InChI=1S/C12H17ClN2S/c1-12(2)5-9(7-16-8-12)15-11-6-14-4-3-10(11)13/h3-4,6,9,15H,5,7-8H2,1-2H3. The van der Waals surface area contributed by atoms with Crippen LogP contribution >= 0.6 is 23.4 Å². The van der Waals surface area contributed by atoms with E-state index in [9.17, 15) is 0 Å². The molecule has 1 unspecified atom stereocenters. The Morgan fingerprint density at radius 2 is 2.38 bits per heavy atom. The molecule has 2 rings (SSSR count). The van der Waals surface area contributed by atoms with Gasteiger partial charge in [0.2, 0.25) is 0 Å². The van der Waals surface area contributed by atoms with Gasteiger partial charge in [0.15, 0.2) is 0 Å². The molecule has 88 valence electrons. The number of rotatable bonds is 2. The molecule has 1 saturated heterocycles. The molecule has 16 heavy (non-hydrogen) atoms. The van der Waals surface area contributed by atoms with E-state index >= 15 is 0 Å². The lowest BCUT2D eigenvalue weighted by molar-refractivity contribution is 0.358. The second-order valence-corrected chi connectivity index (χ2v) is 6.52. The summed E-state index contributed by atoms with van der Waals surface area (Å²) in [6.07, 6.45) is 4.70. The van der Waals surface area contributed by atoms with Gasteiger partial charge < -0.3 is 5.32 Å². The van der Waals surface area contributed by atoms with E-state index in [2.05, 4.69) is 24.1 Å². The molecule has 2 nitrogen and oxygen atoms in total. The molecule has 0 radical (unpaired) electrons. The van der Waals surface area contributed by atoms with Gasteiger partial charge in [-0.2, -0.15) is 11.8 Å². The van der Waals surface area contributed by atoms with Crippen molar-refractivity contribution in [3.63, 3.8) is 0 Å². The summed E-state index contributed by atoms with van der Waals surface area (Å²) in [7, 11) is 0. The van der Waals surface area contributed by atoms with E-state index in [0.717, 1.165) is 16.5 Å². The summed E-state index contributed by atoms with van der Waals surface area (Å²) in [6, 6.07) is 2.32. The maximum atomic E-state index is 6.11. The van der Waals surface area contributed by atoms with Gasteiger partial charge in [-0.3, -0.25) is 4.98 Å². The molecule has 0 aliphatic carbocycles. The van der Waals surface area contributed by atoms with Crippen molar-refractivity contribution in [3.8, 4) is 0 Å². The minimum Gasteiger partial charge on any atom is -0.379 e. The zero-order valence-electron chi connectivity index (χ0n) is 9.66. The Morgan fingerprint density at radius 3 is 3.06 bits per heavy atom. The van der Waals surface area contributed by atoms with E-state index in [4.69, 9.17) is 11.6 Å². The summed E-state index contributed by atoms with van der Waals surface area (Å²) in [5.41, 5.74) is 1.36. The van der Waals surface area contributed by atoms with E-state index in [1.807, 2.05) is 17.8 Å². The maximum Gasteiger partial charge on any atom is 0.0718 e. The average Bonchev–Trinajstić information content (AvgIpc) is 2.20. The Kier molecular flexibility index (Phi) is 3.65. The number of pyridine rings is 1. The topological polar surface area (TPSA) is 24.9 Å². The summed E-state index contributed by atoms with van der Waals surface area (Å²) >= 11 is 8.11. The molecule has 1 aromatic heterocycles. The molecule has 2 heterocycles. The van der Waals surface area contributed by atoms with Gasteiger partial charge in [0.05, 0.1) is 16.9 Å². The fraction of sp³-hybridized carbons (Fsp3) is 0.583. The van der Waals surface area contributed by atoms with Crippen molar-refractivity contribution in [2.24, 2.45) is 5.41 Å². The molecule has 0 aromatic carbocycles. The van der Waals surface area contributed by atoms with Crippen LogP contribution in [0.4, 0.5) is 5.69 Å². The largest absolute Gasteiger partial charge is 0.379 e. The van der Waals surface area contributed by atoms with Crippen molar-refractivity contribution in [1.29, 1.82) is 0 Å². The molecule has 1 N–H and O–H groups in total. The second kappa shape index (κ2) is 4.84. The third-order valence-corrected chi connectivity index (χ3v) is 4.69. The second-order valence-electron chi connectivity index (χ2n) is 5.08. The van der Waals surface area contributed by atoms with Crippen LogP contribution in [0.15, 0.2) is 18.5 Å². The molecule has 1 fully saturated rings. The molecule has 1 atom stereocenters. The minimum atomic E-state index is 0.412. The predicted octanol–water partition coefficient (Wildman–Crippen LogP) is 3.68. The van der Waals surface area contributed by atoms with Gasteiger partial charge in [0.1, 0.15) is 0 Å². The van der Waals surface area contributed by atoms with Crippen molar-refractivity contribution in [3.05, 3.63) is 23.5 Å². The molecule has 4 heteroatoms. The van der Waals surface area contributed by atoms with Gasteiger partial charge in [-0.05, 0) is 23.7 Å². The van der Waals surface area contributed by atoms with Gasteiger partial charge >= 0.3 is 0 Å². The predicted molar refractivity (Wildman–Crippen MR) is 72.4 cm³/mol. The first-order chi connectivity index (χ1) is 7.57. The van der Waals surface area contributed by atoms with Crippen molar-refractivity contribution in [2.45, 2.75) is 26.3 Å². The van der Waals surface area contributed by atoms with Crippen LogP contribution in [-0.4, -0.2) is 22.5 Å². The van der Waals surface area contributed by atoms with Gasteiger partial charge in [0, 0.05) is 18.0 Å². The van der Waals surface area contributed by atoms with E-state index in [1.54, 1.807) is 12.4 Å². The molecule has 1 aliphatic heterocycles. The number of hydrogen-bond donors (Lipinski definition) is 1. The van der Waals surface area contributed by atoms with Crippen molar-refractivity contribution >= 4 is 29.1 Å². The third kappa shape index (κ3) is 3.05. The van der Waals surface area contributed by atoms with Gasteiger partial charge in [-0.25, -0.2) is 0 Å². The Bertz CT molecular complexity index is 368. The minimum absolute atomic E-state index is 0.412. The molecule has 0 bridgehead atoms. The lowest BCUT2D eigenvalue weighted by atomic mass is 9.88. The number of hydrogen-bond acceptors (Lipinski definition) is 3. The van der Waals surface area contributed by atoms with Crippen molar-refractivity contribution < 1.29 is 0 Å². The van der Waals surface area contributed by atoms with Gasteiger partial charge in [-0.15, -0.1) is 0 Å². The highest BCUT2D eigenvalue weighted by atomic mass is 35.5. The number of aromatic nitrogens is 1. The van der Waals surface area contributed by atoms with Gasteiger partial charge in [0.25, 0.3) is 0 Å². The van der Waals surface area contributed by atoms with Crippen LogP contribution in [0.1, 0.15) is 20.3 Å². The molecule has 0 saturated carbocycles. The average molecular weight is 257 g/mol. The fourth-order valence-corrected chi connectivity index (χ4v) is 3.49. The third-order valence-electron chi connectivity index (χ3n) is 2.74. The number of halogens is 1. The highest BCUT2D eigenvalue weighted by Crippen LogP contribution is 2.35. The van der Waals surface area contributed by atoms with Crippen molar-refractivity contribution in [1.82, 2.24) is 4.98 Å². The van der Waals surface area contributed by atoms with E-state index < -0.39 is 0 Å². The van der Waals surface area contributed by atoms with E-state index in [-0.39, 0.29) is 0 Å². The Balaban J connectivity index is 2.02. The lowest BCUT2D eigenvalue weighted by Gasteiger charge is -2.35. The highest BCUT2D eigenvalue weighted by Gasteiger charge is 2.28. The number of nitrogens with zero attached hydrogens (tertiary/aromatic N) is 1. The fourth-order valence-electron chi connectivity index (χ4n) is 2.06. The Morgan fingerprint density at radius 1 is 1.56 bits per heavy atom. The zero-order chi connectivity index (χ0) is 11.6. The van der Waals surface area contributed by atoms with E-state index in [1.165, 1.54) is 12.2 Å². The van der Waals surface area contributed by atoms with Crippen LogP contribution in [0.2, 0.25) is 5.02 Å². The summed E-state index contributed by atoms with van der Waals surface area (Å²) in [5, 5.41) is 4.24. The summed E-state index contributed by atoms with van der Waals surface area (Å²) in [6.45, 7) is 4.64. The summed E-state index contributed by atoms with van der Waals surface area (Å²) in [4.78, 5) is 4.09. The first kappa shape index (κ1) is 12.1. The number of thioether (sulfide) groups is 1. The highest BCUT2D eigenvalue weighted by molar-refractivity contribution is 7.99. The normalized spacial score (nSPS) is 24.1. The van der Waals surface area contributed by atoms with Crippen LogP contribution in [-0.2, 0) is 0 Å². The van der Waals surface area contributed by atoms with E-state index in [0.29, 0.717) is 11.5 Å². The molecular formula is C12H17ClN2S. The van der Waals surface area contributed by atoms with Crippen LogP contribution in [0, 0.1) is 5.41 Å². The quantitative estimate of drug-likeness (QED) is 0.874. The van der Waals surface area contributed by atoms with Crippen LogP contribution < -0.4 is 5.32 Å². The van der Waals surface area contributed by atoms with Crippen LogP contribution in [0.5, 0.6) is 0 Å². The summed E-state index contributed by atoms with van der Waals surface area (Å²) < 4.78 is 0. The number of anilines is 1. The van der Waals surface area contributed by atoms with Gasteiger partial charge in [-0.1, -0.05) is 25.4 Å². The lowest BCUT2D eigenvalue weighted by Crippen LogP contribution is -2.35.